The molecule has 9 nitrogen and oxygen atoms in total. The molecule has 0 spiro atoms. The minimum absolute atomic E-state index is 0.0270. The number of carbonyl (C=O) groups is 1. The van der Waals surface area contributed by atoms with Crippen molar-refractivity contribution in [1.29, 1.82) is 0 Å². The van der Waals surface area contributed by atoms with Crippen molar-refractivity contribution in [3.05, 3.63) is 17.2 Å². The fraction of sp³-hybridized carbons (Fsp3) is 0.692. The van der Waals surface area contributed by atoms with Gasteiger partial charge in [0.1, 0.15) is 29.7 Å². The summed E-state index contributed by atoms with van der Waals surface area (Å²) in [6, 6.07) is -0.0953. The molecule has 2 unspecified atom stereocenters. The summed E-state index contributed by atoms with van der Waals surface area (Å²) in [5, 5.41) is 0.147. The Morgan fingerprint density at radius 2 is 1.95 bits per heavy atom. The van der Waals surface area contributed by atoms with Crippen molar-refractivity contribution in [3.63, 3.8) is 0 Å². The molecule has 0 saturated carbocycles. The number of hydrogen-bond donors (Lipinski definition) is 0. The molecule has 4 fully saturated rings. The van der Waals surface area contributed by atoms with Crippen LogP contribution in [0.4, 0.5) is 19.4 Å². The third-order valence-electron chi connectivity index (χ3n) is 8.22. The largest absolute Gasteiger partial charge is 0.461 e. The monoisotopic (exact) mass is 550 g/mol. The van der Waals surface area contributed by atoms with E-state index < -0.39 is 17.6 Å². The fourth-order valence-electron chi connectivity index (χ4n) is 6.64. The molecular weight excluding hydrogens is 518 g/mol. The van der Waals surface area contributed by atoms with Gasteiger partial charge in [0.05, 0.1) is 23.0 Å². The summed E-state index contributed by atoms with van der Waals surface area (Å²) in [4.78, 5) is 32.0. The molecule has 206 valence electrons. The number of piperazine rings is 1. The molecule has 0 aromatic carbocycles. The van der Waals surface area contributed by atoms with Crippen molar-refractivity contribution < 1.29 is 23.0 Å². The highest BCUT2D eigenvalue weighted by atomic mass is 35.5. The predicted octanol–water partition coefficient (Wildman–Crippen LogP) is 4.36. The second-order valence-corrected chi connectivity index (χ2v) is 12.4. The fourth-order valence-corrected chi connectivity index (χ4v) is 6.78. The molecule has 38 heavy (non-hydrogen) atoms. The van der Waals surface area contributed by atoms with Gasteiger partial charge in [-0.2, -0.15) is 9.97 Å². The van der Waals surface area contributed by atoms with E-state index >= 15 is 4.39 Å². The number of hydrogen-bond acceptors (Lipinski definition) is 8. The second kappa shape index (κ2) is 9.29. The van der Waals surface area contributed by atoms with E-state index in [1.807, 2.05) is 30.6 Å². The van der Waals surface area contributed by atoms with E-state index in [-0.39, 0.29) is 47.0 Å². The van der Waals surface area contributed by atoms with Gasteiger partial charge in [-0.1, -0.05) is 11.6 Å². The molecule has 0 radical (unpaired) electrons. The van der Waals surface area contributed by atoms with Crippen LogP contribution in [0.3, 0.4) is 0 Å². The molecular formula is C26H33ClF2N6O3. The van der Waals surface area contributed by atoms with Crippen LogP contribution in [-0.4, -0.2) is 93.0 Å². The van der Waals surface area contributed by atoms with Gasteiger partial charge in [-0.15, -0.1) is 0 Å². The van der Waals surface area contributed by atoms with Crippen molar-refractivity contribution in [1.82, 2.24) is 24.8 Å². The number of anilines is 1. The van der Waals surface area contributed by atoms with Crippen LogP contribution < -0.4 is 9.64 Å². The topological polar surface area (TPSA) is 83.9 Å². The van der Waals surface area contributed by atoms with E-state index in [9.17, 15) is 9.18 Å². The zero-order valence-corrected chi connectivity index (χ0v) is 22.7. The summed E-state index contributed by atoms with van der Waals surface area (Å²) in [6.07, 6.45) is 4.20. The van der Waals surface area contributed by atoms with Gasteiger partial charge >= 0.3 is 12.1 Å². The van der Waals surface area contributed by atoms with E-state index in [0.29, 0.717) is 37.3 Å². The molecule has 12 heteroatoms. The van der Waals surface area contributed by atoms with E-state index in [4.69, 9.17) is 26.1 Å². The van der Waals surface area contributed by atoms with Crippen molar-refractivity contribution in [2.75, 3.05) is 37.7 Å². The Labute approximate surface area is 225 Å². The Bertz CT molecular complexity index is 1250. The van der Waals surface area contributed by atoms with Gasteiger partial charge in [-0.05, 0) is 53.0 Å². The van der Waals surface area contributed by atoms with Crippen LogP contribution in [0.5, 0.6) is 6.01 Å². The van der Waals surface area contributed by atoms with Crippen LogP contribution in [0.15, 0.2) is 6.20 Å². The lowest BCUT2D eigenvalue weighted by Crippen LogP contribution is -2.57. The predicted molar refractivity (Wildman–Crippen MR) is 138 cm³/mol. The van der Waals surface area contributed by atoms with E-state index in [1.54, 1.807) is 0 Å². The quantitative estimate of drug-likeness (QED) is 0.519. The number of ether oxygens (including phenoxy) is 2. The number of alkyl halides is 1. The first-order valence-electron chi connectivity index (χ1n) is 13.3. The molecule has 1 amide bonds. The normalized spacial score (nSPS) is 29.3. The van der Waals surface area contributed by atoms with E-state index in [1.165, 1.54) is 6.20 Å². The number of carbonyl (C=O) groups excluding carboxylic acids is 1. The Morgan fingerprint density at radius 3 is 2.66 bits per heavy atom. The van der Waals surface area contributed by atoms with Gasteiger partial charge in [0, 0.05) is 32.3 Å². The molecule has 4 aliphatic heterocycles. The molecule has 2 bridgehead atoms. The summed E-state index contributed by atoms with van der Waals surface area (Å²) >= 11 is 6.00. The molecule has 4 aliphatic rings. The van der Waals surface area contributed by atoms with Crippen molar-refractivity contribution in [2.45, 2.75) is 82.3 Å². The Balaban J connectivity index is 1.30. The lowest BCUT2D eigenvalue weighted by molar-refractivity contribution is 0.0122. The Kier molecular flexibility index (Phi) is 6.29. The first kappa shape index (κ1) is 25.7. The third-order valence-corrected chi connectivity index (χ3v) is 8.48. The van der Waals surface area contributed by atoms with Crippen molar-refractivity contribution in [3.8, 4) is 6.01 Å². The maximum Gasteiger partial charge on any atom is 0.410 e. The number of rotatable bonds is 4. The maximum absolute atomic E-state index is 15.1. The van der Waals surface area contributed by atoms with Crippen LogP contribution in [0.25, 0.3) is 10.9 Å². The number of nitrogens with zero attached hydrogens (tertiary/aromatic N) is 6. The van der Waals surface area contributed by atoms with E-state index in [2.05, 4.69) is 14.9 Å². The van der Waals surface area contributed by atoms with Crippen molar-refractivity contribution in [2.24, 2.45) is 0 Å². The Morgan fingerprint density at radius 1 is 1.21 bits per heavy atom. The highest BCUT2D eigenvalue weighted by Gasteiger charge is 2.49. The maximum atomic E-state index is 15.1. The van der Waals surface area contributed by atoms with Crippen LogP contribution in [-0.2, 0) is 4.74 Å². The van der Waals surface area contributed by atoms with Gasteiger partial charge in [-0.3, -0.25) is 9.80 Å². The zero-order valence-electron chi connectivity index (χ0n) is 21.9. The Hall–Kier alpha value is -2.53. The van der Waals surface area contributed by atoms with Crippen molar-refractivity contribution >= 4 is 34.4 Å². The lowest BCUT2D eigenvalue weighted by Gasteiger charge is -2.42. The van der Waals surface area contributed by atoms with Gasteiger partial charge in [0.25, 0.3) is 0 Å². The minimum Gasteiger partial charge on any atom is -0.461 e. The first-order chi connectivity index (χ1) is 18.0. The van der Waals surface area contributed by atoms with E-state index in [0.717, 1.165) is 32.2 Å². The number of halogens is 3. The second-order valence-electron chi connectivity index (χ2n) is 12.0. The summed E-state index contributed by atoms with van der Waals surface area (Å²) in [5.41, 5.74) is -0.937. The standard InChI is InChI=1S/C26H33ClF2N6O3/c1-25(2,3)38-24(36)35-16-5-6-17(35)13-33(12-16)22-18-10-30-21(27)19(29)20(18)31-23(32-22)37-14-26-7-4-8-34(26)11-15(28)9-26/h10,15-17H,4-9,11-14H2,1-3H3/t15-,16?,17?,26+/m1/s1. The lowest BCUT2D eigenvalue weighted by atomic mass is 9.95. The van der Waals surface area contributed by atoms with Crippen LogP contribution in [0.2, 0.25) is 5.15 Å². The molecule has 2 aromatic heterocycles. The van der Waals surface area contributed by atoms with Crippen LogP contribution >= 0.6 is 11.6 Å². The first-order valence-corrected chi connectivity index (χ1v) is 13.7. The summed E-state index contributed by atoms with van der Waals surface area (Å²) in [6.45, 7) is 8.06. The number of pyridine rings is 1. The minimum atomic E-state index is -0.883. The number of fused-ring (bicyclic) bond motifs is 4. The molecule has 6 heterocycles. The zero-order chi connectivity index (χ0) is 26.8. The summed E-state index contributed by atoms with van der Waals surface area (Å²) in [5.74, 6) is -0.247. The average Bonchev–Trinajstić information content (AvgIpc) is 3.46. The molecule has 4 atom stereocenters. The van der Waals surface area contributed by atoms with Crippen LogP contribution in [0.1, 0.15) is 52.9 Å². The molecule has 0 N–H and O–H groups in total. The SMILES string of the molecule is CC(C)(C)OC(=O)N1C2CCC1CN(c1nc(OC[C@@]34CCCN3C[C@H](F)C4)nc3c(F)c(Cl)ncc13)C2. The summed E-state index contributed by atoms with van der Waals surface area (Å²) in [7, 11) is 0. The third kappa shape index (κ3) is 4.51. The molecule has 2 aromatic rings. The van der Waals surface area contributed by atoms with Crippen LogP contribution in [0, 0.1) is 5.82 Å². The number of aromatic nitrogens is 3. The highest BCUT2D eigenvalue weighted by Crippen LogP contribution is 2.41. The smallest absolute Gasteiger partial charge is 0.410 e. The van der Waals surface area contributed by atoms with Gasteiger partial charge < -0.3 is 14.4 Å². The number of amides is 1. The average molecular weight is 551 g/mol. The molecule has 0 aliphatic carbocycles. The van der Waals surface area contributed by atoms with Gasteiger partial charge in [0.2, 0.25) is 0 Å². The summed E-state index contributed by atoms with van der Waals surface area (Å²) < 4.78 is 41.1. The molecule has 6 rings (SSSR count). The van der Waals surface area contributed by atoms with Gasteiger partial charge in [0.15, 0.2) is 11.0 Å². The highest BCUT2D eigenvalue weighted by molar-refractivity contribution is 6.30. The molecule has 4 saturated heterocycles. The van der Waals surface area contributed by atoms with Gasteiger partial charge in [-0.25, -0.2) is 18.6 Å².